The molecule has 5 nitrogen and oxygen atoms in total. The molecule has 2 N–H and O–H groups in total. The van der Waals surface area contributed by atoms with Gasteiger partial charge in [0.2, 0.25) is 0 Å². The van der Waals surface area contributed by atoms with Crippen molar-refractivity contribution in [2.24, 2.45) is 0 Å². The molecular formula is C14H19NO4S2. The van der Waals surface area contributed by atoms with Gasteiger partial charge in [0.25, 0.3) is 0 Å². The number of aromatic carboxylic acids is 1. The van der Waals surface area contributed by atoms with Crippen LogP contribution >= 0.6 is 11.8 Å². The van der Waals surface area contributed by atoms with E-state index in [1.807, 2.05) is 6.92 Å². The Balaban J connectivity index is 2.27. The molecule has 2 rings (SSSR count). The number of rotatable bonds is 5. The molecular weight excluding hydrogens is 310 g/mol. The molecule has 0 bridgehead atoms. The Morgan fingerprint density at radius 2 is 2.24 bits per heavy atom. The van der Waals surface area contributed by atoms with E-state index in [9.17, 15) is 18.3 Å². The van der Waals surface area contributed by atoms with Crippen molar-refractivity contribution >= 4 is 33.3 Å². The number of hydrogen-bond donors (Lipinski definition) is 2. The van der Waals surface area contributed by atoms with E-state index in [1.165, 1.54) is 11.8 Å². The maximum Gasteiger partial charge on any atom is 0.338 e. The first-order chi connectivity index (χ1) is 9.93. The fourth-order valence-electron chi connectivity index (χ4n) is 2.50. The lowest BCUT2D eigenvalue weighted by Crippen LogP contribution is -2.35. The molecule has 7 heteroatoms. The Hall–Kier alpha value is -1.21. The van der Waals surface area contributed by atoms with Gasteiger partial charge in [-0.05, 0) is 30.7 Å². The molecule has 0 aliphatic carbocycles. The fraction of sp³-hybridized carbons (Fsp3) is 0.500. The topological polar surface area (TPSA) is 83.5 Å². The van der Waals surface area contributed by atoms with Gasteiger partial charge in [-0.2, -0.15) is 0 Å². The molecule has 0 spiro atoms. The van der Waals surface area contributed by atoms with Gasteiger partial charge in [0.15, 0.2) is 9.84 Å². The standard InChI is InChI=1S/C14H19NO4S2/c1-2-20-12-7-3-6-11(13(12)14(16)17)15-10-5-4-8-21(18,19)9-10/h3,6-7,10,15H,2,4-5,8-9H2,1H3,(H,16,17). The smallest absolute Gasteiger partial charge is 0.338 e. The van der Waals surface area contributed by atoms with E-state index in [0.29, 0.717) is 17.0 Å². The van der Waals surface area contributed by atoms with Crippen LogP contribution in [0.2, 0.25) is 0 Å². The van der Waals surface area contributed by atoms with Crippen LogP contribution in [-0.2, 0) is 9.84 Å². The highest BCUT2D eigenvalue weighted by atomic mass is 32.2. The van der Waals surface area contributed by atoms with Crippen molar-refractivity contribution in [2.75, 3.05) is 22.6 Å². The summed E-state index contributed by atoms with van der Waals surface area (Å²) in [4.78, 5) is 12.2. The Morgan fingerprint density at radius 3 is 2.86 bits per heavy atom. The number of carbonyl (C=O) groups is 1. The molecule has 1 heterocycles. The summed E-state index contributed by atoms with van der Waals surface area (Å²) in [6, 6.07) is 5.05. The summed E-state index contributed by atoms with van der Waals surface area (Å²) in [7, 11) is -3.02. The molecule has 1 aliphatic heterocycles. The zero-order chi connectivity index (χ0) is 15.5. The van der Waals surface area contributed by atoms with Crippen LogP contribution in [0.3, 0.4) is 0 Å². The van der Waals surface area contributed by atoms with E-state index < -0.39 is 15.8 Å². The summed E-state index contributed by atoms with van der Waals surface area (Å²) in [6.07, 6.45) is 1.36. The number of nitrogens with one attached hydrogen (secondary N) is 1. The zero-order valence-corrected chi connectivity index (χ0v) is 13.5. The highest BCUT2D eigenvalue weighted by Crippen LogP contribution is 2.30. The number of carboxylic acid groups (broad SMARTS) is 1. The Morgan fingerprint density at radius 1 is 1.48 bits per heavy atom. The Labute approximate surface area is 129 Å². The first-order valence-corrected chi connectivity index (χ1v) is 9.69. The molecule has 0 radical (unpaired) electrons. The molecule has 1 fully saturated rings. The van der Waals surface area contributed by atoms with Gasteiger partial charge in [-0.25, -0.2) is 13.2 Å². The van der Waals surface area contributed by atoms with Crippen molar-refractivity contribution in [3.8, 4) is 0 Å². The van der Waals surface area contributed by atoms with Gasteiger partial charge in [-0.3, -0.25) is 0 Å². The van der Waals surface area contributed by atoms with Crippen LogP contribution in [0.25, 0.3) is 0 Å². The normalized spacial score (nSPS) is 20.9. The molecule has 1 atom stereocenters. The second-order valence-electron chi connectivity index (χ2n) is 5.01. The SMILES string of the molecule is CCSc1cccc(NC2CCCS(=O)(=O)C2)c1C(=O)O. The maximum absolute atomic E-state index is 11.7. The van der Waals surface area contributed by atoms with Gasteiger partial charge in [-0.15, -0.1) is 11.8 Å². The average Bonchev–Trinajstić information content (AvgIpc) is 2.37. The molecule has 116 valence electrons. The summed E-state index contributed by atoms with van der Waals surface area (Å²) in [6.45, 7) is 1.96. The third-order valence-corrected chi connectivity index (χ3v) is 6.12. The Kier molecular flexibility index (Phi) is 5.16. The molecule has 1 aromatic rings. The van der Waals surface area contributed by atoms with Crippen molar-refractivity contribution in [1.82, 2.24) is 0 Å². The number of carboxylic acids is 1. The number of anilines is 1. The molecule has 0 saturated carbocycles. The third kappa shape index (κ3) is 4.14. The first kappa shape index (κ1) is 16.2. The van der Waals surface area contributed by atoms with Crippen LogP contribution in [-0.4, -0.2) is 42.8 Å². The van der Waals surface area contributed by atoms with Crippen molar-refractivity contribution in [2.45, 2.75) is 30.7 Å². The van der Waals surface area contributed by atoms with Crippen LogP contribution in [0.5, 0.6) is 0 Å². The van der Waals surface area contributed by atoms with Crippen molar-refractivity contribution in [1.29, 1.82) is 0 Å². The van der Waals surface area contributed by atoms with Gasteiger partial charge in [-0.1, -0.05) is 13.0 Å². The fourth-order valence-corrected chi connectivity index (χ4v) is 4.97. The summed E-state index contributed by atoms with van der Waals surface area (Å²) in [5.41, 5.74) is 0.732. The molecule has 1 aliphatic rings. The van der Waals surface area contributed by atoms with Gasteiger partial charge in [0.1, 0.15) is 0 Å². The monoisotopic (exact) mass is 329 g/mol. The van der Waals surface area contributed by atoms with E-state index in [0.717, 1.165) is 12.2 Å². The highest BCUT2D eigenvalue weighted by Gasteiger charge is 2.26. The van der Waals surface area contributed by atoms with Gasteiger partial charge in [0.05, 0.1) is 22.8 Å². The van der Waals surface area contributed by atoms with E-state index in [4.69, 9.17) is 0 Å². The van der Waals surface area contributed by atoms with Crippen molar-refractivity contribution in [3.63, 3.8) is 0 Å². The highest BCUT2D eigenvalue weighted by molar-refractivity contribution is 7.99. The maximum atomic E-state index is 11.7. The largest absolute Gasteiger partial charge is 0.478 e. The van der Waals surface area contributed by atoms with Crippen LogP contribution in [0, 0.1) is 0 Å². The minimum absolute atomic E-state index is 0.0667. The third-order valence-electron chi connectivity index (χ3n) is 3.36. The van der Waals surface area contributed by atoms with Crippen LogP contribution in [0.1, 0.15) is 30.1 Å². The van der Waals surface area contributed by atoms with E-state index in [1.54, 1.807) is 18.2 Å². The summed E-state index contributed by atoms with van der Waals surface area (Å²) in [5, 5.41) is 12.5. The van der Waals surface area contributed by atoms with Crippen LogP contribution in [0.4, 0.5) is 5.69 Å². The van der Waals surface area contributed by atoms with E-state index in [-0.39, 0.29) is 23.1 Å². The lowest BCUT2D eigenvalue weighted by Gasteiger charge is -2.25. The summed E-state index contributed by atoms with van der Waals surface area (Å²) < 4.78 is 23.4. The number of thioether (sulfide) groups is 1. The van der Waals surface area contributed by atoms with Crippen LogP contribution < -0.4 is 5.32 Å². The molecule has 1 unspecified atom stereocenters. The summed E-state index contributed by atoms with van der Waals surface area (Å²) in [5.74, 6) is 0.0780. The predicted octanol–water partition coefficient (Wildman–Crippen LogP) is 2.49. The van der Waals surface area contributed by atoms with Crippen LogP contribution in [0.15, 0.2) is 23.1 Å². The summed E-state index contributed by atoms with van der Waals surface area (Å²) >= 11 is 1.47. The Bertz CT molecular complexity index is 628. The van der Waals surface area contributed by atoms with Gasteiger partial charge >= 0.3 is 5.97 Å². The van der Waals surface area contributed by atoms with Crippen molar-refractivity contribution in [3.05, 3.63) is 23.8 Å². The average molecular weight is 329 g/mol. The van der Waals surface area contributed by atoms with Gasteiger partial charge in [0, 0.05) is 10.9 Å². The molecule has 1 aromatic carbocycles. The number of hydrogen-bond acceptors (Lipinski definition) is 5. The molecule has 1 saturated heterocycles. The zero-order valence-electron chi connectivity index (χ0n) is 11.8. The quantitative estimate of drug-likeness (QED) is 0.808. The number of benzene rings is 1. The predicted molar refractivity (Wildman–Crippen MR) is 85.1 cm³/mol. The van der Waals surface area contributed by atoms with Crippen molar-refractivity contribution < 1.29 is 18.3 Å². The lowest BCUT2D eigenvalue weighted by molar-refractivity contribution is 0.0694. The lowest BCUT2D eigenvalue weighted by atomic mass is 10.1. The first-order valence-electron chi connectivity index (χ1n) is 6.89. The number of sulfone groups is 1. The second-order valence-corrected chi connectivity index (χ2v) is 8.55. The second kappa shape index (κ2) is 6.70. The minimum atomic E-state index is -3.02. The molecule has 0 aromatic heterocycles. The molecule has 0 amide bonds. The van der Waals surface area contributed by atoms with E-state index in [2.05, 4.69) is 5.32 Å². The molecule has 21 heavy (non-hydrogen) atoms. The minimum Gasteiger partial charge on any atom is -0.478 e. The van der Waals surface area contributed by atoms with E-state index >= 15 is 0 Å². The van der Waals surface area contributed by atoms with Gasteiger partial charge < -0.3 is 10.4 Å².